The maximum Gasteiger partial charge on any atom is 0.289 e. The van der Waals surface area contributed by atoms with E-state index in [0.29, 0.717) is 38.5 Å². The average Bonchev–Trinajstić information content (AvgIpc) is 3.27. The molecule has 0 aromatic carbocycles. The van der Waals surface area contributed by atoms with Gasteiger partial charge in [0.1, 0.15) is 12.2 Å². The molecular formula is C15H22IN7O2. The number of aryl methyl sites for hydroxylation is 1. The van der Waals surface area contributed by atoms with Gasteiger partial charge in [0.2, 0.25) is 0 Å². The van der Waals surface area contributed by atoms with Crippen LogP contribution < -0.4 is 5.32 Å². The minimum Gasteiger partial charge on any atom is -0.459 e. The second-order valence-corrected chi connectivity index (χ2v) is 5.46. The van der Waals surface area contributed by atoms with Gasteiger partial charge in [-0.25, -0.2) is 4.98 Å². The predicted octanol–water partition coefficient (Wildman–Crippen LogP) is 0.559. The molecule has 9 nitrogen and oxygen atoms in total. The number of piperazine rings is 1. The number of hydrogen-bond acceptors (Lipinski definition) is 5. The first-order valence-corrected chi connectivity index (χ1v) is 7.80. The van der Waals surface area contributed by atoms with Crippen LogP contribution in [-0.4, -0.2) is 69.7 Å². The molecule has 1 fully saturated rings. The summed E-state index contributed by atoms with van der Waals surface area (Å²) in [5, 5.41) is 7.33. The van der Waals surface area contributed by atoms with E-state index >= 15 is 0 Å². The number of hydrogen-bond donors (Lipinski definition) is 1. The highest BCUT2D eigenvalue weighted by atomic mass is 127. The Labute approximate surface area is 163 Å². The largest absolute Gasteiger partial charge is 0.459 e. The smallest absolute Gasteiger partial charge is 0.289 e. The monoisotopic (exact) mass is 459 g/mol. The van der Waals surface area contributed by atoms with Gasteiger partial charge in [0, 0.05) is 40.3 Å². The van der Waals surface area contributed by atoms with Crippen LogP contribution in [0.1, 0.15) is 16.4 Å². The normalized spacial score (nSPS) is 15.0. The van der Waals surface area contributed by atoms with Crippen LogP contribution in [-0.2, 0) is 13.6 Å². The third-order valence-electron chi connectivity index (χ3n) is 4.02. The molecule has 0 unspecified atom stereocenters. The summed E-state index contributed by atoms with van der Waals surface area (Å²) in [5.41, 5.74) is 0. The number of guanidine groups is 1. The van der Waals surface area contributed by atoms with Crippen LogP contribution in [0.5, 0.6) is 0 Å². The summed E-state index contributed by atoms with van der Waals surface area (Å²) in [5.74, 6) is 1.95. The highest BCUT2D eigenvalue weighted by Gasteiger charge is 2.25. The van der Waals surface area contributed by atoms with E-state index in [1.165, 1.54) is 12.6 Å². The SMILES string of the molecule is CN=C(NCc1ncnn1C)N1CCN(C(=O)c2ccco2)CC1.I. The number of furan rings is 1. The van der Waals surface area contributed by atoms with Gasteiger partial charge in [0.15, 0.2) is 11.7 Å². The van der Waals surface area contributed by atoms with E-state index in [-0.39, 0.29) is 29.9 Å². The van der Waals surface area contributed by atoms with Crippen LogP contribution in [0.15, 0.2) is 34.1 Å². The lowest BCUT2D eigenvalue weighted by atomic mass is 10.3. The molecule has 136 valence electrons. The quantitative estimate of drug-likeness (QED) is 0.410. The number of nitrogens with zero attached hydrogens (tertiary/aromatic N) is 6. The minimum atomic E-state index is -0.0679. The second-order valence-electron chi connectivity index (χ2n) is 5.46. The molecule has 25 heavy (non-hydrogen) atoms. The number of halogens is 1. The molecule has 2 aromatic rings. The molecule has 1 aliphatic heterocycles. The molecule has 1 N–H and O–H groups in total. The summed E-state index contributed by atoms with van der Waals surface area (Å²) in [7, 11) is 3.60. The summed E-state index contributed by atoms with van der Waals surface area (Å²) in [6, 6.07) is 3.41. The predicted molar refractivity (Wildman–Crippen MR) is 103 cm³/mol. The third-order valence-corrected chi connectivity index (χ3v) is 4.02. The Balaban J connectivity index is 0.00000225. The van der Waals surface area contributed by atoms with Gasteiger partial charge in [-0.1, -0.05) is 0 Å². The van der Waals surface area contributed by atoms with Crippen molar-refractivity contribution < 1.29 is 9.21 Å². The van der Waals surface area contributed by atoms with Crippen molar-refractivity contribution in [3.63, 3.8) is 0 Å². The van der Waals surface area contributed by atoms with Crippen LogP contribution in [0, 0.1) is 0 Å². The first kappa shape index (κ1) is 19.2. The summed E-state index contributed by atoms with van der Waals surface area (Å²) >= 11 is 0. The molecule has 0 atom stereocenters. The van der Waals surface area contributed by atoms with Crippen molar-refractivity contribution in [2.45, 2.75) is 6.54 Å². The molecule has 1 saturated heterocycles. The zero-order valence-corrected chi connectivity index (χ0v) is 16.6. The third kappa shape index (κ3) is 4.50. The number of carbonyl (C=O) groups excluding carboxylic acids is 1. The van der Waals surface area contributed by atoms with E-state index in [1.807, 2.05) is 7.05 Å². The van der Waals surface area contributed by atoms with Gasteiger partial charge < -0.3 is 19.5 Å². The fourth-order valence-corrected chi connectivity index (χ4v) is 2.65. The number of nitrogens with one attached hydrogen (secondary N) is 1. The van der Waals surface area contributed by atoms with Crippen LogP contribution in [0.4, 0.5) is 0 Å². The zero-order valence-electron chi connectivity index (χ0n) is 14.3. The number of aliphatic imine (C=N–C) groups is 1. The fraction of sp³-hybridized carbons (Fsp3) is 0.467. The lowest BCUT2D eigenvalue weighted by molar-refractivity contribution is 0.0657. The van der Waals surface area contributed by atoms with Crippen LogP contribution in [0.3, 0.4) is 0 Å². The number of rotatable bonds is 3. The Morgan fingerprint density at radius 3 is 2.60 bits per heavy atom. The van der Waals surface area contributed by atoms with E-state index in [4.69, 9.17) is 4.42 Å². The van der Waals surface area contributed by atoms with Crippen molar-refractivity contribution in [1.82, 2.24) is 29.9 Å². The highest BCUT2D eigenvalue weighted by molar-refractivity contribution is 14.0. The molecule has 3 heterocycles. The van der Waals surface area contributed by atoms with E-state index < -0.39 is 0 Å². The Hall–Kier alpha value is -2.11. The Morgan fingerprint density at radius 1 is 1.32 bits per heavy atom. The summed E-state index contributed by atoms with van der Waals surface area (Å²) < 4.78 is 6.90. The van der Waals surface area contributed by atoms with Crippen molar-refractivity contribution in [3.8, 4) is 0 Å². The summed E-state index contributed by atoms with van der Waals surface area (Å²) in [6.07, 6.45) is 3.04. The van der Waals surface area contributed by atoms with Crippen LogP contribution >= 0.6 is 24.0 Å². The molecule has 0 radical (unpaired) electrons. The molecule has 0 bridgehead atoms. The van der Waals surface area contributed by atoms with E-state index in [1.54, 1.807) is 28.8 Å². The lowest BCUT2D eigenvalue weighted by Gasteiger charge is -2.36. The molecule has 0 spiro atoms. The maximum atomic E-state index is 12.3. The maximum absolute atomic E-state index is 12.3. The summed E-state index contributed by atoms with van der Waals surface area (Å²) in [6.45, 7) is 3.24. The van der Waals surface area contributed by atoms with Gasteiger partial charge in [-0.15, -0.1) is 24.0 Å². The molecule has 0 saturated carbocycles. The Kier molecular flexibility index (Phi) is 6.79. The lowest BCUT2D eigenvalue weighted by Crippen LogP contribution is -2.53. The summed E-state index contributed by atoms with van der Waals surface area (Å²) in [4.78, 5) is 24.7. The van der Waals surface area contributed by atoms with Gasteiger partial charge >= 0.3 is 0 Å². The van der Waals surface area contributed by atoms with Crippen molar-refractivity contribution in [2.24, 2.45) is 12.0 Å². The fourth-order valence-electron chi connectivity index (χ4n) is 2.65. The van der Waals surface area contributed by atoms with Crippen LogP contribution in [0.2, 0.25) is 0 Å². The average molecular weight is 459 g/mol. The molecule has 3 rings (SSSR count). The van der Waals surface area contributed by atoms with E-state index in [2.05, 4.69) is 25.3 Å². The first-order valence-electron chi connectivity index (χ1n) is 7.80. The van der Waals surface area contributed by atoms with Crippen molar-refractivity contribution >= 4 is 35.8 Å². The van der Waals surface area contributed by atoms with Gasteiger partial charge in [0.05, 0.1) is 12.8 Å². The van der Waals surface area contributed by atoms with Gasteiger partial charge in [-0.3, -0.25) is 14.5 Å². The standard InChI is InChI=1S/C15H21N7O2.HI/c1-16-15(17-10-13-18-11-19-20(13)2)22-7-5-21(6-8-22)14(23)12-4-3-9-24-12;/h3-4,9,11H,5-8,10H2,1-2H3,(H,16,17);1H. The van der Waals surface area contributed by atoms with Crippen LogP contribution in [0.25, 0.3) is 0 Å². The molecule has 1 aliphatic rings. The Bertz CT molecular complexity index is 705. The molecule has 0 aliphatic carbocycles. The molecule has 2 aromatic heterocycles. The number of carbonyl (C=O) groups is 1. The van der Waals surface area contributed by atoms with Gasteiger partial charge in [0.25, 0.3) is 5.91 Å². The van der Waals surface area contributed by atoms with Crippen molar-refractivity contribution in [1.29, 1.82) is 0 Å². The number of amides is 1. The van der Waals surface area contributed by atoms with Gasteiger partial charge in [-0.05, 0) is 12.1 Å². The van der Waals surface area contributed by atoms with E-state index in [9.17, 15) is 4.79 Å². The van der Waals surface area contributed by atoms with Crippen molar-refractivity contribution in [3.05, 3.63) is 36.3 Å². The topological polar surface area (TPSA) is 91.8 Å². The highest BCUT2D eigenvalue weighted by Crippen LogP contribution is 2.09. The number of aromatic nitrogens is 3. The Morgan fingerprint density at radius 2 is 2.04 bits per heavy atom. The molecular weight excluding hydrogens is 437 g/mol. The second kappa shape index (κ2) is 8.83. The zero-order chi connectivity index (χ0) is 16.9. The van der Waals surface area contributed by atoms with E-state index in [0.717, 1.165) is 11.8 Å². The van der Waals surface area contributed by atoms with Gasteiger partial charge in [-0.2, -0.15) is 5.10 Å². The minimum absolute atomic E-state index is 0. The molecule has 10 heteroatoms. The van der Waals surface area contributed by atoms with Crippen molar-refractivity contribution in [2.75, 3.05) is 33.2 Å². The first-order chi connectivity index (χ1) is 11.7. The molecule has 1 amide bonds.